The molecule has 1 atom stereocenters. The Hall–Kier alpha value is -1.58. The van der Waals surface area contributed by atoms with Gasteiger partial charge in [-0.2, -0.15) is 0 Å². The van der Waals surface area contributed by atoms with E-state index >= 15 is 0 Å². The van der Waals surface area contributed by atoms with Gasteiger partial charge in [0, 0.05) is 30.4 Å². The monoisotopic (exact) mass is 248 g/mol. The summed E-state index contributed by atoms with van der Waals surface area (Å²) in [6.45, 7) is 7.64. The summed E-state index contributed by atoms with van der Waals surface area (Å²) in [4.78, 5) is 12.9. The molecule has 18 heavy (non-hydrogen) atoms. The molecule has 2 rings (SSSR count). The number of non-ortho nitro benzene ring substituents is 1. The van der Waals surface area contributed by atoms with Gasteiger partial charge in [-0.05, 0) is 37.3 Å². The lowest BCUT2D eigenvalue weighted by Gasteiger charge is -2.38. The van der Waals surface area contributed by atoms with E-state index in [4.69, 9.17) is 0 Å². The van der Waals surface area contributed by atoms with Crippen molar-refractivity contribution in [1.82, 2.24) is 0 Å². The lowest BCUT2D eigenvalue weighted by molar-refractivity contribution is -0.384. The predicted octanol–water partition coefficient (Wildman–Crippen LogP) is 3.39. The third-order valence-electron chi connectivity index (χ3n) is 3.51. The molecule has 0 radical (unpaired) electrons. The van der Waals surface area contributed by atoms with Gasteiger partial charge < -0.3 is 4.90 Å². The van der Waals surface area contributed by atoms with Crippen molar-refractivity contribution in [3.05, 3.63) is 33.9 Å². The second-order valence-corrected chi connectivity index (χ2v) is 5.50. The van der Waals surface area contributed by atoms with Crippen LogP contribution < -0.4 is 4.90 Å². The Morgan fingerprint density at radius 2 is 2.22 bits per heavy atom. The summed E-state index contributed by atoms with van der Waals surface area (Å²) in [6, 6.07) is 5.77. The summed E-state index contributed by atoms with van der Waals surface area (Å²) in [5.74, 6) is 0.591. The lowest BCUT2D eigenvalue weighted by atomic mass is 9.95. The van der Waals surface area contributed by atoms with Crippen molar-refractivity contribution in [3.8, 4) is 0 Å². The highest BCUT2D eigenvalue weighted by Gasteiger charge is 2.25. The van der Waals surface area contributed by atoms with E-state index in [1.165, 1.54) is 5.69 Å². The van der Waals surface area contributed by atoms with Gasteiger partial charge in [0.05, 0.1) is 4.92 Å². The molecule has 0 aromatic heterocycles. The van der Waals surface area contributed by atoms with E-state index in [0.717, 1.165) is 24.9 Å². The average molecular weight is 248 g/mol. The van der Waals surface area contributed by atoms with Crippen molar-refractivity contribution >= 4 is 11.4 Å². The molecule has 0 amide bonds. The van der Waals surface area contributed by atoms with Gasteiger partial charge in [0.2, 0.25) is 0 Å². The summed E-state index contributed by atoms with van der Waals surface area (Å²) in [6.07, 6.45) is 2.01. The molecule has 0 aliphatic carbocycles. The van der Waals surface area contributed by atoms with Crippen LogP contribution >= 0.6 is 0 Å². The molecule has 4 nitrogen and oxygen atoms in total. The first-order chi connectivity index (χ1) is 8.49. The number of nitrogens with zero attached hydrogens (tertiary/aromatic N) is 2. The Labute approximate surface area is 108 Å². The topological polar surface area (TPSA) is 46.4 Å². The Bertz CT molecular complexity index is 457. The maximum absolute atomic E-state index is 10.8. The summed E-state index contributed by atoms with van der Waals surface area (Å²) in [5.41, 5.74) is 2.49. The SMILES string of the molecule is CC(C)CN1c2ccc([N+](=O)[O-])cc2CC[C@@H]1C. The van der Waals surface area contributed by atoms with Gasteiger partial charge in [-0.1, -0.05) is 13.8 Å². The van der Waals surface area contributed by atoms with Gasteiger partial charge in [0.1, 0.15) is 0 Å². The summed E-state index contributed by atoms with van der Waals surface area (Å²) < 4.78 is 0. The largest absolute Gasteiger partial charge is 0.368 e. The molecular formula is C14H20N2O2. The molecule has 1 aromatic carbocycles. The van der Waals surface area contributed by atoms with Gasteiger partial charge in [-0.25, -0.2) is 0 Å². The maximum atomic E-state index is 10.8. The van der Waals surface area contributed by atoms with Crippen LogP contribution in [0.5, 0.6) is 0 Å². The van der Waals surface area contributed by atoms with Gasteiger partial charge in [0.15, 0.2) is 0 Å². The fourth-order valence-corrected chi connectivity index (χ4v) is 2.60. The smallest absolute Gasteiger partial charge is 0.269 e. The van der Waals surface area contributed by atoms with E-state index in [1.807, 2.05) is 6.07 Å². The molecule has 1 aromatic rings. The van der Waals surface area contributed by atoms with Crippen molar-refractivity contribution in [2.24, 2.45) is 5.92 Å². The first-order valence-corrected chi connectivity index (χ1v) is 6.53. The Morgan fingerprint density at radius 1 is 1.50 bits per heavy atom. The van der Waals surface area contributed by atoms with Crippen LogP contribution in [0.1, 0.15) is 32.8 Å². The van der Waals surface area contributed by atoms with Crippen LogP contribution in [0.25, 0.3) is 0 Å². The molecule has 4 heteroatoms. The van der Waals surface area contributed by atoms with E-state index in [9.17, 15) is 10.1 Å². The van der Waals surface area contributed by atoms with Crippen molar-refractivity contribution < 1.29 is 4.92 Å². The molecule has 0 N–H and O–H groups in total. The van der Waals surface area contributed by atoms with E-state index in [1.54, 1.807) is 12.1 Å². The standard InChI is InChI=1S/C14H20N2O2/c1-10(2)9-15-11(3)4-5-12-8-13(16(17)18)6-7-14(12)15/h6-8,10-11H,4-5,9H2,1-3H3/t11-/m0/s1. The molecule has 0 unspecified atom stereocenters. The van der Waals surface area contributed by atoms with Crippen LogP contribution in [-0.2, 0) is 6.42 Å². The fourth-order valence-electron chi connectivity index (χ4n) is 2.60. The zero-order valence-corrected chi connectivity index (χ0v) is 11.2. The number of aryl methyl sites for hydroxylation is 1. The number of rotatable bonds is 3. The molecule has 1 heterocycles. The van der Waals surface area contributed by atoms with Crippen LogP contribution in [0.3, 0.4) is 0 Å². The zero-order chi connectivity index (χ0) is 13.3. The summed E-state index contributed by atoms with van der Waals surface area (Å²) in [5, 5.41) is 10.8. The molecule has 1 aliphatic heterocycles. The minimum Gasteiger partial charge on any atom is -0.368 e. The number of anilines is 1. The number of nitro groups is 1. The van der Waals surface area contributed by atoms with Crippen LogP contribution in [0.4, 0.5) is 11.4 Å². The van der Waals surface area contributed by atoms with Crippen molar-refractivity contribution in [2.75, 3.05) is 11.4 Å². The van der Waals surface area contributed by atoms with Gasteiger partial charge in [0.25, 0.3) is 5.69 Å². The second-order valence-electron chi connectivity index (χ2n) is 5.50. The number of hydrogen-bond donors (Lipinski definition) is 0. The third-order valence-corrected chi connectivity index (χ3v) is 3.51. The molecule has 0 saturated heterocycles. The highest BCUT2D eigenvalue weighted by molar-refractivity contribution is 5.60. The maximum Gasteiger partial charge on any atom is 0.269 e. The molecule has 0 bridgehead atoms. The number of nitro benzene ring substituents is 1. The van der Waals surface area contributed by atoms with E-state index in [2.05, 4.69) is 25.7 Å². The summed E-state index contributed by atoms with van der Waals surface area (Å²) >= 11 is 0. The minimum atomic E-state index is -0.314. The highest BCUT2D eigenvalue weighted by Crippen LogP contribution is 2.33. The molecule has 0 spiro atoms. The van der Waals surface area contributed by atoms with Crippen molar-refractivity contribution in [1.29, 1.82) is 0 Å². The number of benzene rings is 1. The van der Waals surface area contributed by atoms with E-state index < -0.39 is 0 Å². The molecule has 0 saturated carbocycles. The Balaban J connectivity index is 2.35. The van der Waals surface area contributed by atoms with E-state index in [0.29, 0.717) is 12.0 Å². The molecule has 0 fully saturated rings. The molecule has 98 valence electrons. The minimum absolute atomic E-state index is 0.202. The number of fused-ring (bicyclic) bond motifs is 1. The quantitative estimate of drug-likeness (QED) is 0.608. The van der Waals surface area contributed by atoms with E-state index in [-0.39, 0.29) is 10.6 Å². The predicted molar refractivity (Wildman–Crippen MR) is 73.1 cm³/mol. The zero-order valence-electron chi connectivity index (χ0n) is 11.2. The Morgan fingerprint density at radius 3 is 2.83 bits per heavy atom. The van der Waals surface area contributed by atoms with Crippen LogP contribution in [0.2, 0.25) is 0 Å². The average Bonchev–Trinajstić information content (AvgIpc) is 2.31. The van der Waals surface area contributed by atoms with Gasteiger partial charge >= 0.3 is 0 Å². The molecule has 1 aliphatic rings. The fraction of sp³-hybridized carbons (Fsp3) is 0.571. The van der Waals surface area contributed by atoms with Crippen molar-refractivity contribution in [3.63, 3.8) is 0 Å². The van der Waals surface area contributed by atoms with Gasteiger partial charge in [-0.3, -0.25) is 10.1 Å². The first kappa shape index (κ1) is 12.9. The number of hydrogen-bond acceptors (Lipinski definition) is 3. The van der Waals surface area contributed by atoms with Crippen LogP contribution in [0, 0.1) is 16.0 Å². The van der Waals surface area contributed by atoms with Crippen LogP contribution in [0.15, 0.2) is 18.2 Å². The highest BCUT2D eigenvalue weighted by atomic mass is 16.6. The third kappa shape index (κ3) is 2.47. The Kier molecular flexibility index (Phi) is 3.55. The second kappa shape index (κ2) is 4.96. The van der Waals surface area contributed by atoms with Gasteiger partial charge in [-0.15, -0.1) is 0 Å². The first-order valence-electron chi connectivity index (χ1n) is 6.53. The van der Waals surface area contributed by atoms with Crippen LogP contribution in [-0.4, -0.2) is 17.5 Å². The lowest BCUT2D eigenvalue weighted by Crippen LogP contribution is -2.39. The normalized spacial score (nSPS) is 18.9. The van der Waals surface area contributed by atoms with Crippen molar-refractivity contribution in [2.45, 2.75) is 39.7 Å². The summed E-state index contributed by atoms with van der Waals surface area (Å²) in [7, 11) is 0. The molecular weight excluding hydrogens is 228 g/mol.